The van der Waals surface area contributed by atoms with E-state index in [9.17, 15) is 9.59 Å². The first-order valence-electron chi connectivity index (χ1n) is 9.46. The van der Waals surface area contributed by atoms with E-state index >= 15 is 0 Å². The van der Waals surface area contributed by atoms with Crippen molar-refractivity contribution in [3.63, 3.8) is 0 Å². The third kappa shape index (κ3) is 3.96. The zero-order valence-electron chi connectivity index (χ0n) is 16.0. The molecule has 2 heterocycles. The number of hydrogen-bond acceptors (Lipinski definition) is 4. The predicted octanol–water partition coefficient (Wildman–Crippen LogP) is 3.10. The second-order valence-corrected chi connectivity index (χ2v) is 6.82. The predicted molar refractivity (Wildman–Crippen MR) is 110 cm³/mol. The number of nitrogens with zero attached hydrogens (tertiary/aromatic N) is 2. The van der Waals surface area contributed by atoms with Gasteiger partial charge < -0.3 is 10.1 Å². The molecule has 146 valence electrons. The van der Waals surface area contributed by atoms with Crippen LogP contribution in [0.15, 0.2) is 79.0 Å². The highest BCUT2D eigenvalue weighted by Gasteiger charge is 2.33. The Balaban J connectivity index is 1.58. The van der Waals surface area contributed by atoms with Crippen LogP contribution < -0.4 is 15.0 Å². The van der Waals surface area contributed by atoms with E-state index in [0.29, 0.717) is 11.4 Å². The summed E-state index contributed by atoms with van der Waals surface area (Å²) in [7, 11) is 0. The van der Waals surface area contributed by atoms with Crippen molar-refractivity contribution >= 4 is 17.5 Å². The van der Waals surface area contributed by atoms with Gasteiger partial charge in [-0.3, -0.25) is 19.5 Å². The third-order valence-corrected chi connectivity index (χ3v) is 4.80. The maximum atomic E-state index is 13.0. The van der Waals surface area contributed by atoms with Gasteiger partial charge in [0.25, 0.3) is 5.91 Å². The quantitative estimate of drug-likeness (QED) is 0.730. The van der Waals surface area contributed by atoms with Crippen LogP contribution in [-0.4, -0.2) is 29.4 Å². The van der Waals surface area contributed by atoms with Gasteiger partial charge in [0.2, 0.25) is 5.91 Å². The van der Waals surface area contributed by atoms with Crippen LogP contribution in [0.4, 0.5) is 5.69 Å². The fourth-order valence-corrected chi connectivity index (χ4v) is 3.39. The standard InChI is InChI=1S/C23H21N3O3/c1-16-23(28)26(19-12-5-6-13-20(19)29-16)15-21(27)25-22(17-9-3-2-4-10-17)18-11-7-8-14-24-18/h2-14,16,22H,15H2,1H3,(H,25,27)/t16-,22-/m0/s1. The maximum Gasteiger partial charge on any atom is 0.268 e. The Morgan fingerprint density at radius 3 is 2.55 bits per heavy atom. The van der Waals surface area contributed by atoms with Crippen LogP contribution >= 0.6 is 0 Å². The van der Waals surface area contributed by atoms with Gasteiger partial charge in [0, 0.05) is 6.20 Å². The number of nitrogens with one attached hydrogen (secondary N) is 1. The van der Waals surface area contributed by atoms with Gasteiger partial charge in [0.15, 0.2) is 6.10 Å². The molecule has 0 bridgehead atoms. The van der Waals surface area contributed by atoms with E-state index in [1.54, 1.807) is 25.3 Å². The Morgan fingerprint density at radius 1 is 1.07 bits per heavy atom. The SMILES string of the molecule is C[C@@H]1Oc2ccccc2N(CC(=O)N[C@@H](c2ccccc2)c2ccccn2)C1=O. The Hall–Kier alpha value is -3.67. The van der Waals surface area contributed by atoms with Crippen molar-refractivity contribution in [3.05, 3.63) is 90.3 Å². The number of pyridine rings is 1. The Labute approximate surface area is 169 Å². The van der Waals surface area contributed by atoms with E-state index in [1.807, 2.05) is 60.7 Å². The average Bonchev–Trinajstić information content (AvgIpc) is 2.76. The van der Waals surface area contributed by atoms with Crippen molar-refractivity contribution in [3.8, 4) is 5.75 Å². The molecule has 1 aliphatic heterocycles. The molecular formula is C23H21N3O3. The lowest BCUT2D eigenvalue weighted by Gasteiger charge is -2.32. The lowest BCUT2D eigenvalue weighted by atomic mass is 10.0. The molecule has 4 rings (SSSR count). The highest BCUT2D eigenvalue weighted by Crippen LogP contribution is 2.33. The molecule has 2 atom stereocenters. The fraction of sp³-hybridized carbons (Fsp3) is 0.174. The summed E-state index contributed by atoms with van der Waals surface area (Å²) in [6, 6.07) is 22.0. The minimum absolute atomic E-state index is 0.0975. The van der Waals surface area contributed by atoms with Crippen molar-refractivity contribution in [1.82, 2.24) is 10.3 Å². The van der Waals surface area contributed by atoms with E-state index in [0.717, 1.165) is 11.3 Å². The summed E-state index contributed by atoms with van der Waals surface area (Å²) < 4.78 is 5.64. The summed E-state index contributed by atoms with van der Waals surface area (Å²) in [4.78, 5) is 31.5. The summed E-state index contributed by atoms with van der Waals surface area (Å²) >= 11 is 0. The van der Waals surface area contributed by atoms with Crippen LogP contribution in [0.25, 0.3) is 0 Å². The highest BCUT2D eigenvalue weighted by molar-refractivity contribution is 6.03. The summed E-state index contributed by atoms with van der Waals surface area (Å²) in [6.45, 7) is 1.59. The van der Waals surface area contributed by atoms with Gasteiger partial charge in [-0.05, 0) is 36.8 Å². The third-order valence-electron chi connectivity index (χ3n) is 4.80. The van der Waals surface area contributed by atoms with Crippen molar-refractivity contribution in [2.24, 2.45) is 0 Å². The molecule has 0 saturated heterocycles. The molecule has 3 aromatic rings. The fourth-order valence-electron chi connectivity index (χ4n) is 3.39. The van der Waals surface area contributed by atoms with Crippen LogP contribution in [0.1, 0.15) is 24.2 Å². The molecule has 0 saturated carbocycles. The molecule has 0 spiro atoms. The minimum atomic E-state index is -0.640. The van der Waals surface area contributed by atoms with Gasteiger partial charge in [0.1, 0.15) is 12.3 Å². The number of amides is 2. The molecule has 6 heteroatoms. The maximum absolute atomic E-state index is 13.0. The van der Waals surface area contributed by atoms with Crippen LogP contribution in [0.5, 0.6) is 5.75 Å². The first-order chi connectivity index (χ1) is 14.1. The van der Waals surface area contributed by atoms with Crippen LogP contribution in [-0.2, 0) is 9.59 Å². The Kier molecular flexibility index (Phi) is 5.24. The number of benzene rings is 2. The molecule has 2 amide bonds. The van der Waals surface area contributed by atoms with Crippen LogP contribution in [0, 0.1) is 0 Å². The number of rotatable bonds is 5. The lowest BCUT2D eigenvalue weighted by molar-refractivity contribution is -0.128. The van der Waals surface area contributed by atoms with Crippen molar-refractivity contribution in [2.75, 3.05) is 11.4 Å². The molecule has 6 nitrogen and oxygen atoms in total. The normalized spacial score (nSPS) is 16.5. The number of carbonyl (C=O) groups excluding carboxylic acids is 2. The minimum Gasteiger partial charge on any atom is -0.479 e. The molecule has 0 radical (unpaired) electrons. The molecular weight excluding hydrogens is 366 g/mol. The van der Waals surface area contributed by atoms with E-state index < -0.39 is 12.1 Å². The number of fused-ring (bicyclic) bond motifs is 1. The number of para-hydroxylation sites is 2. The molecule has 1 aromatic heterocycles. The largest absolute Gasteiger partial charge is 0.479 e. The second-order valence-electron chi connectivity index (χ2n) is 6.82. The highest BCUT2D eigenvalue weighted by atomic mass is 16.5. The van der Waals surface area contributed by atoms with E-state index in [4.69, 9.17) is 4.74 Å². The number of anilines is 1. The molecule has 0 unspecified atom stereocenters. The average molecular weight is 387 g/mol. The number of ether oxygens (including phenoxy) is 1. The Morgan fingerprint density at radius 2 is 1.79 bits per heavy atom. The molecule has 2 aromatic carbocycles. The first kappa shape index (κ1) is 18.7. The van der Waals surface area contributed by atoms with Crippen molar-refractivity contribution in [2.45, 2.75) is 19.1 Å². The first-order valence-corrected chi connectivity index (χ1v) is 9.46. The van der Waals surface area contributed by atoms with Gasteiger partial charge >= 0.3 is 0 Å². The number of carbonyl (C=O) groups is 2. The van der Waals surface area contributed by atoms with Crippen molar-refractivity contribution in [1.29, 1.82) is 0 Å². The van der Waals surface area contributed by atoms with Crippen molar-refractivity contribution < 1.29 is 14.3 Å². The van der Waals surface area contributed by atoms with E-state index in [-0.39, 0.29) is 18.4 Å². The van der Waals surface area contributed by atoms with E-state index in [2.05, 4.69) is 10.3 Å². The topological polar surface area (TPSA) is 71.5 Å². The molecule has 29 heavy (non-hydrogen) atoms. The summed E-state index contributed by atoms with van der Waals surface area (Å²) in [6.07, 6.45) is 1.05. The van der Waals surface area contributed by atoms with Crippen LogP contribution in [0.2, 0.25) is 0 Å². The monoisotopic (exact) mass is 387 g/mol. The smallest absolute Gasteiger partial charge is 0.268 e. The van der Waals surface area contributed by atoms with Gasteiger partial charge in [-0.25, -0.2) is 0 Å². The molecule has 0 fully saturated rings. The number of hydrogen-bond donors (Lipinski definition) is 1. The number of aromatic nitrogens is 1. The second kappa shape index (κ2) is 8.14. The summed E-state index contributed by atoms with van der Waals surface area (Å²) in [5, 5.41) is 3.03. The summed E-state index contributed by atoms with van der Waals surface area (Å²) in [5.41, 5.74) is 2.25. The van der Waals surface area contributed by atoms with Crippen LogP contribution in [0.3, 0.4) is 0 Å². The Bertz CT molecular complexity index is 969. The lowest BCUT2D eigenvalue weighted by Crippen LogP contribution is -2.49. The molecule has 1 N–H and O–H groups in total. The molecule has 0 aliphatic carbocycles. The van der Waals surface area contributed by atoms with Gasteiger partial charge in [-0.2, -0.15) is 0 Å². The van der Waals surface area contributed by atoms with E-state index in [1.165, 1.54) is 4.90 Å². The summed E-state index contributed by atoms with van der Waals surface area (Å²) in [5.74, 6) is 0.0754. The zero-order chi connectivity index (χ0) is 20.2. The van der Waals surface area contributed by atoms with Gasteiger partial charge in [0.05, 0.1) is 17.4 Å². The zero-order valence-corrected chi connectivity index (χ0v) is 16.0. The van der Waals surface area contributed by atoms with Gasteiger partial charge in [-0.15, -0.1) is 0 Å². The van der Waals surface area contributed by atoms with Gasteiger partial charge in [-0.1, -0.05) is 48.5 Å². The molecule has 1 aliphatic rings.